The summed E-state index contributed by atoms with van der Waals surface area (Å²) >= 11 is 0. The number of H-pyrrole nitrogens is 1. The molecule has 1 aromatic heterocycles. The average Bonchev–Trinajstić information content (AvgIpc) is 3.01. The van der Waals surface area contributed by atoms with Gasteiger partial charge in [0.05, 0.1) is 0 Å². The lowest BCUT2D eigenvalue weighted by atomic mass is 9.64. The van der Waals surface area contributed by atoms with E-state index < -0.39 is 0 Å². The lowest BCUT2D eigenvalue weighted by Gasteiger charge is -2.49. The van der Waals surface area contributed by atoms with Crippen LogP contribution >= 0.6 is 0 Å². The van der Waals surface area contributed by atoms with Crippen molar-refractivity contribution in [3.63, 3.8) is 0 Å². The number of hydrogen-bond donors (Lipinski definition) is 1. The Morgan fingerprint density at radius 2 is 1.46 bits per heavy atom. The maximum atomic E-state index is 3.76. The van der Waals surface area contributed by atoms with Crippen LogP contribution in [0.2, 0.25) is 0 Å². The number of para-hydroxylation sites is 1. The molecule has 0 amide bonds. The molecule has 1 fully saturated rings. The first-order valence-electron chi connectivity index (χ1n) is 9.77. The van der Waals surface area contributed by atoms with Gasteiger partial charge in [0.1, 0.15) is 0 Å². The van der Waals surface area contributed by atoms with Crippen molar-refractivity contribution >= 4 is 10.9 Å². The van der Waals surface area contributed by atoms with Crippen LogP contribution in [0.1, 0.15) is 49.4 Å². The number of nitrogens with zero attached hydrogens (tertiary/aromatic N) is 1. The molecule has 1 aliphatic rings. The Hall–Kier alpha value is -2.06. The summed E-state index contributed by atoms with van der Waals surface area (Å²) in [7, 11) is 4.48. The molecule has 4 rings (SSSR count). The molecule has 2 heteroatoms. The molecule has 2 nitrogen and oxygen atoms in total. The standard InChI is InChI=1S/C24H30N2/c1-18-20-12-8-9-13-21(20)25-22(18)23(2)14-16-24(17-15-23,26(3)4)19-10-6-5-7-11-19/h5-13,25H,14-17H2,1-4H3. The smallest absolute Gasteiger partial charge is 0.0458 e. The van der Waals surface area contributed by atoms with Crippen LogP contribution in [0.3, 0.4) is 0 Å². The molecule has 0 aliphatic heterocycles. The average molecular weight is 347 g/mol. The number of aromatic amines is 1. The fourth-order valence-corrected chi connectivity index (χ4v) is 5.09. The first-order chi connectivity index (χ1) is 12.5. The molecule has 0 radical (unpaired) electrons. The molecule has 136 valence electrons. The Morgan fingerprint density at radius 3 is 2.08 bits per heavy atom. The number of benzene rings is 2. The summed E-state index contributed by atoms with van der Waals surface area (Å²) in [5.41, 5.74) is 5.98. The topological polar surface area (TPSA) is 19.0 Å². The second-order valence-corrected chi connectivity index (χ2v) is 8.52. The minimum atomic E-state index is 0.153. The highest BCUT2D eigenvalue weighted by molar-refractivity contribution is 5.84. The quantitative estimate of drug-likeness (QED) is 0.638. The van der Waals surface area contributed by atoms with Crippen molar-refractivity contribution in [3.8, 4) is 0 Å². The van der Waals surface area contributed by atoms with Gasteiger partial charge >= 0.3 is 0 Å². The SMILES string of the molecule is Cc1c(C2(C)CCC(c3ccccc3)(N(C)C)CC2)[nH]c2ccccc12. The molecule has 2 aromatic carbocycles. The van der Waals surface area contributed by atoms with Gasteiger partial charge in [-0.1, -0.05) is 55.5 Å². The van der Waals surface area contributed by atoms with Crippen LogP contribution in [0.25, 0.3) is 10.9 Å². The van der Waals surface area contributed by atoms with Gasteiger partial charge in [-0.25, -0.2) is 0 Å². The molecule has 1 aliphatic carbocycles. The van der Waals surface area contributed by atoms with Crippen LogP contribution in [0.4, 0.5) is 0 Å². The molecular weight excluding hydrogens is 316 g/mol. The molecule has 0 bridgehead atoms. The predicted octanol–water partition coefficient (Wildman–Crippen LogP) is 5.77. The van der Waals surface area contributed by atoms with Gasteiger partial charge in [0, 0.05) is 27.6 Å². The van der Waals surface area contributed by atoms with Crippen molar-refractivity contribution in [2.24, 2.45) is 0 Å². The van der Waals surface area contributed by atoms with Crippen LogP contribution in [0, 0.1) is 6.92 Å². The minimum Gasteiger partial charge on any atom is -0.358 e. The van der Waals surface area contributed by atoms with E-state index in [9.17, 15) is 0 Å². The summed E-state index contributed by atoms with van der Waals surface area (Å²) in [5, 5.41) is 1.37. The maximum Gasteiger partial charge on any atom is 0.0458 e. The van der Waals surface area contributed by atoms with Gasteiger partial charge in [-0.15, -0.1) is 0 Å². The largest absolute Gasteiger partial charge is 0.358 e. The van der Waals surface area contributed by atoms with Gasteiger partial charge in [-0.2, -0.15) is 0 Å². The van der Waals surface area contributed by atoms with E-state index in [2.05, 4.69) is 92.4 Å². The van der Waals surface area contributed by atoms with Gasteiger partial charge in [0.25, 0.3) is 0 Å². The number of aromatic nitrogens is 1. The van der Waals surface area contributed by atoms with E-state index in [1.807, 2.05) is 0 Å². The van der Waals surface area contributed by atoms with Crippen LogP contribution in [0.5, 0.6) is 0 Å². The zero-order chi connectivity index (χ0) is 18.4. The van der Waals surface area contributed by atoms with Crippen molar-refractivity contribution in [1.29, 1.82) is 0 Å². The fourth-order valence-electron chi connectivity index (χ4n) is 5.09. The molecular formula is C24H30N2. The summed E-state index contributed by atoms with van der Waals surface area (Å²) in [6.07, 6.45) is 4.78. The Bertz CT molecular complexity index is 896. The summed E-state index contributed by atoms with van der Waals surface area (Å²) in [6, 6.07) is 19.8. The zero-order valence-electron chi connectivity index (χ0n) is 16.5. The van der Waals surface area contributed by atoms with E-state index in [1.54, 1.807) is 0 Å². The highest BCUT2D eigenvalue weighted by Crippen LogP contribution is 2.50. The van der Waals surface area contributed by atoms with Crippen molar-refractivity contribution in [2.45, 2.75) is 50.5 Å². The van der Waals surface area contributed by atoms with E-state index in [4.69, 9.17) is 0 Å². The summed E-state index contributed by atoms with van der Waals surface area (Å²) in [4.78, 5) is 6.20. The lowest BCUT2D eigenvalue weighted by Crippen LogP contribution is -2.47. The monoisotopic (exact) mass is 346 g/mol. The Labute approximate surface area is 157 Å². The first-order valence-corrected chi connectivity index (χ1v) is 9.77. The summed E-state index contributed by atoms with van der Waals surface area (Å²) in [5.74, 6) is 0. The molecule has 26 heavy (non-hydrogen) atoms. The summed E-state index contributed by atoms with van der Waals surface area (Å²) < 4.78 is 0. The van der Waals surface area contributed by atoms with Gasteiger partial charge in [0.15, 0.2) is 0 Å². The molecule has 0 unspecified atom stereocenters. The van der Waals surface area contributed by atoms with Crippen molar-refractivity contribution in [1.82, 2.24) is 9.88 Å². The van der Waals surface area contributed by atoms with Crippen molar-refractivity contribution in [2.75, 3.05) is 14.1 Å². The summed E-state index contributed by atoms with van der Waals surface area (Å²) in [6.45, 7) is 4.74. The fraction of sp³-hybridized carbons (Fsp3) is 0.417. The molecule has 0 spiro atoms. The van der Waals surface area contributed by atoms with Crippen molar-refractivity contribution < 1.29 is 0 Å². The van der Waals surface area contributed by atoms with Gasteiger partial charge in [0.2, 0.25) is 0 Å². The molecule has 3 aromatic rings. The first kappa shape index (κ1) is 17.4. The molecule has 1 heterocycles. The zero-order valence-corrected chi connectivity index (χ0v) is 16.5. The number of rotatable bonds is 3. The predicted molar refractivity (Wildman–Crippen MR) is 111 cm³/mol. The third-order valence-corrected chi connectivity index (χ3v) is 6.92. The van der Waals surface area contributed by atoms with Crippen molar-refractivity contribution in [3.05, 3.63) is 71.4 Å². The third kappa shape index (κ3) is 2.59. The van der Waals surface area contributed by atoms with E-state index >= 15 is 0 Å². The number of nitrogens with one attached hydrogen (secondary N) is 1. The van der Waals surface area contributed by atoms with E-state index in [1.165, 1.54) is 53.4 Å². The second kappa shape index (κ2) is 6.28. The normalized spacial score (nSPS) is 26.5. The van der Waals surface area contributed by atoms with Crippen LogP contribution in [-0.2, 0) is 11.0 Å². The lowest BCUT2D eigenvalue weighted by molar-refractivity contribution is 0.0684. The minimum absolute atomic E-state index is 0.153. The molecule has 0 atom stereocenters. The number of aryl methyl sites for hydroxylation is 1. The van der Waals surface area contributed by atoms with Crippen LogP contribution in [-0.4, -0.2) is 24.0 Å². The highest BCUT2D eigenvalue weighted by Gasteiger charge is 2.44. The molecule has 1 N–H and O–H groups in total. The van der Waals surface area contributed by atoms with Gasteiger partial charge in [-0.3, -0.25) is 4.90 Å². The maximum absolute atomic E-state index is 3.76. The Balaban J connectivity index is 1.68. The van der Waals surface area contributed by atoms with Gasteiger partial charge < -0.3 is 4.98 Å². The Morgan fingerprint density at radius 1 is 0.846 bits per heavy atom. The van der Waals surface area contributed by atoms with Crippen LogP contribution in [0.15, 0.2) is 54.6 Å². The van der Waals surface area contributed by atoms with Gasteiger partial charge in [-0.05, 0) is 63.9 Å². The van der Waals surface area contributed by atoms with Crippen LogP contribution < -0.4 is 0 Å². The molecule has 0 saturated heterocycles. The Kier molecular flexibility index (Phi) is 4.19. The van der Waals surface area contributed by atoms with E-state index in [0.29, 0.717) is 0 Å². The number of fused-ring (bicyclic) bond motifs is 1. The number of hydrogen-bond acceptors (Lipinski definition) is 1. The third-order valence-electron chi connectivity index (χ3n) is 6.92. The van der Waals surface area contributed by atoms with E-state index in [0.717, 1.165) is 0 Å². The highest BCUT2D eigenvalue weighted by atomic mass is 15.1. The van der Waals surface area contributed by atoms with E-state index in [-0.39, 0.29) is 11.0 Å². The second-order valence-electron chi connectivity index (χ2n) is 8.52. The molecule has 1 saturated carbocycles.